The minimum Gasteiger partial charge on any atom is -0.264 e. The van der Waals surface area contributed by atoms with Gasteiger partial charge in [-0.3, -0.25) is 9.97 Å². The van der Waals surface area contributed by atoms with Gasteiger partial charge < -0.3 is 0 Å². The molecular weight excluding hydrogens is 294 g/mol. The molecule has 3 nitrogen and oxygen atoms in total. The quantitative estimate of drug-likeness (QED) is 0.409. The van der Waals surface area contributed by atoms with Gasteiger partial charge in [0.1, 0.15) is 0 Å². The highest BCUT2D eigenvalue weighted by Crippen LogP contribution is 2.27. The molecule has 0 saturated heterocycles. The molecule has 24 heavy (non-hydrogen) atoms. The van der Waals surface area contributed by atoms with Crippen molar-refractivity contribution in [1.82, 2.24) is 15.0 Å². The van der Waals surface area contributed by atoms with E-state index in [-0.39, 0.29) is 0 Å². The molecule has 0 fully saturated rings. The van der Waals surface area contributed by atoms with Gasteiger partial charge in [0.25, 0.3) is 0 Å². The first-order chi connectivity index (χ1) is 11.9. The minimum absolute atomic E-state index is 0.945. The van der Waals surface area contributed by atoms with Crippen LogP contribution in [0.25, 0.3) is 43.8 Å². The maximum absolute atomic E-state index is 4.90. The highest BCUT2D eigenvalue weighted by molar-refractivity contribution is 6.03. The first-order valence-corrected chi connectivity index (χ1v) is 7.87. The molecule has 0 atom stereocenters. The van der Waals surface area contributed by atoms with E-state index in [2.05, 4.69) is 58.5 Å². The zero-order valence-electron chi connectivity index (χ0n) is 12.8. The Hall–Kier alpha value is -3.33. The SMILES string of the molecule is c1cnc2c(c1)ccc1ccc(-c3ccc4cnccc4c3)nc12. The van der Waals surface area contributed by atoms with E-state index < -0.39 is 0 Å². The molecule has 5 aromatic rings. The maximum Gasteiger partial charge on any atom is 0.0972 e. The van der Waals surface area contributed by atoms with Crippen molar-refractivity contribution in [3.05, 3.63) is 79.3 Å². The highest BCUT2D eigenvalue weighted by atomic mass is 14.7. The van der Waals surface area contributed by atoms with Crippen molar-refractivity contribution in [3.8, 4) is 11.3 Å². The number of fused-ring (bicyclic) bond motifs is 4. The number of rotatable bonds is 1. The van der Waals surface area contributed by atoms with Crippen LogP contribution in [0.3, 0.4) is 0 Å². The van der Waals surface area contributed by atoms with Crippen LogP contribution in [-0.2, 0) is 0 Å². The Labute approximate surface area is 138 Å². The van der Waals surface area contributed by atoms with Crippen LogP contribution in [0.1, 0.15) is 0 Å². The second-order valence-corrected chi connectivity index (χ2v) is 5.85. The third-order valence-electron chi connectivity index (χ3n) is 4.37. The van der Waals surface area contributed by atoms with Crippen molar-refractivity contribution < 1.29 is 0 Å². The van der Waals surface area contributed by atoms with Crippen LogP contribution in [0.5, 0.6) is 0 Å². The predicted molar refractivity (Wildman–Crippen MR) is 97.8 cm³/mol. The summed E-state index contributed by atoms with van der Waals surface area (Å²) in [5.41, 5.74) is 3.95. The molecular formula is C21H13N3. The first-order valence-electron chi connectivity index (χ1n) is 7.87. The van der Waals surface area contributed by atoms with Crippen LogP contribution in [0.2, 0.25) is 0 Å². The van der Waals surface area contributed by atoms with E-state index in [1.165, 1.54) is 5.39 Å². The Kier molecular flexibility index (Phi) is 2.79. The maximum atomic E-state index is 4.90. The summed E-state index contributed by atoms with van der Waals surface area (Å²) in [5, 5.41) is 4.52. The minimum atomic E-state index is 0.945. The van der Waals surface area contributed by atoms with E-state index in [1.54, 1.807) is 0 Å². The average Bonchev–Trinajstić information content (AvgIpc) is 2.67. The van der Waals surface area contributed by atoms with Gasteiger partial charge >= 0.3 is 0 Å². The molecule has 0 aliphatic carbocycles. The van der Waals surface area contributed by atoms with Gasteiger partial charge in [0.2, 0.25) is 0 Å². The molecule has 0 aliphatic heterocycles. The summed E-state index contributed by atoms with van der Waals surface area (Å²) in [7, 11) is 0. The van der Waals surface area contributed by atoms with E-state index in [9.17, 15) is 0 Å². The molecule has 3 heterocycles. The molecule has 0 bridgehead atoms. The summed E-state index contributed by atoms with van der Waals surface area (Å²) in [5.74, 6) is 0. The van der Waals surface area contributed by atoms with Gasteiger partial charge in [0.05, 0.1) is 16.7 Å². The smallest absolute Gasteiger partial charge is 0.0972 e. The molecule has 0 aliphatic rings. The van der Waals surface area contributed by atoms with Gasteiger partial charge in [-0.05, 0) is 29.7 Å². The van der Waals surface area contributed by atoms with Gasteiger partial charge in [0, 0.05) is 40.3 Å². The fourth-order valence-electron chi connectivity index (χ4n) is 3.13. The third kappa shape index (κ3) is 2.02. The van der Waals surface area contributed by atoms with Crippen LogP contribution < -0.4 is 0 Å². The number of nitrogens with zero attached hydrogens (tertiary/aromatic N) is 3. The van der Waals surface area contributed by atoms with E-state index in [4.69, 9.17) is 4.98 Å². The Morgan fingerprint density at radius 3 is 2.42 bits per heavy atom. The van der Waals surface area contributed by atoms with Crippen molar-refractivity contribution >= 4 is 32.6 Å². The van der Waals surface area contributed by atoms with Crippen molar-refractivity contribution in [2.75, 3.05) is 0 Å². The van der Waals surface area contributed by atoms with E-state index >= 15 is 0 Å². The molecule has 3 heteroatoms. The summed E-state index contributed by atoms with van der Waals surface area (Å²) in [6.45, 7) is 0. The zero-order chi connectivity index (χ0) is 15.9. The number of aromatic nitrogens is 3. The van der Waals surface area contributed by atoms with E-state index in [0.29, 0.717) is 0 Å². The summed E-state index contributed by atoms with van der Waals surface area (Å²) in [4.78, 5) is 13.6. The zero-order valence-corrected chi connectivity index (χ0v) is 12.8. The molecule has 0 spiro atoms. The van der Waals surface area contributed by atoms with Gasteiger partial charge in [-0.1, -0.05) is 36.4 Å². The van der Waals surface area contributed by atoms with E-state index in [1.807, 2.05) is 30.7 Å². The van der Waals surface area contributed by atoms with Crippen LogP contribution in [0.4, 0.5) is 0 Å². The monoisotopic (exact) mass is 307 g/mol. The molecule has 112 valence electrons. The van der Waals surface area contributed by atoms with Crippen molar-refractivity contribution in [1.29, 1.82) is 0 Å². The standard InChI is InChI=1S/C21H13N3/c1-2-14-3-4-15-7-8-19(24-21(15)20(14)23-10-1)17-5-6-18-13-22-11-9-16(18)12-17/h1-13H. The second kappa shape index (κ2) is 5.10. The number of pyridine rings is 3. The summed E-state index contributed by atoms with van der Waals surface area (Å²) < 4.78 is 0. The lowest BCUT2D eigenvalue weighted by atomic mass is 10.0. The largest absolute Gasteiger partial charge is 0.264 e. The fraction of sp³-hybridized carbons (Fsp3) is 0. The Morgan fingerprint density at radius 1 is 0.625 bits per heavy atom. The molecule has 3 aromatic heterocycles. The lowest BCUT2D eigenvalue weighted by molar-refractivity contribution is 1.36. The predicted octanol–water partition coefficient (Wildman–Crippen LogP) is 5.00. The van der Waals surface area contributed by atoms with Gasteiger partial charge in [0.15, 0.2) is 0 Å². The Bertz CT molecular complexity index is 1210. The third-order valence-corrected chi connectivity index (χ3v) is 4.37. The number of hydrogen-bond donors (Lipinski definition) is 0. The van der Waals surface area contributed by atoms with Crippen LogP contribution in [0, 0.1) is 0 Å². The van der Waals surface area contributed by atoms with Gasteiger partial charge in [-0.2, -0.15) is 0 Å². The molecule has 2 aromatic carbocycles. The fourth-order valence-corrected chi connectivity index (χ4v) is 3.13. The summed E-state index contributed by atoms with van der Waals surface area (Å²) in [6, 6.07) is 20.8. The molecule has 0 amide bonds. The van der Waals surface area contributed by atoms with Crippen LogP contribution in [-0.4, -0.2) is 15.0 Å². The highest BCUT2D eigenvalue weighted by Gasteiger charge is 2.06. The van der Waals surface area contributed by atoms with E-state index in [0.717, 1.165) is 38.4 Å². The molecule has 0 N–H and O–H groups in total. The molecule has 5 rings (SSSR count). The van der Waals surface area contributed by atoms with Crippen molar-refractivity contribution in [2.45, 2.75) is 0 Å². The number of benzene rings is 2. The summed E-state index contributed by atoms with van der Waals surface area (Å²) >= 11 is 0. The van der Waals surface area contributed by atoms with Crippen LogP contribution >= 0.6 is 0 Å². The topological polar surface area (TPSA) is 38.7 Å². The first kappa shape index (κ1) is 13.1. The lowest BCUT2D eigenvalue weighted by Crippen LogP contribution is -1.89. The Balaban J connectivity index is 1.77. The number of hydrogen-bond acceptors (Lipinski definition) is 3. The lowest BCUT2D eigenvalue weighted by Gasteiger charge is -2.07. The summed E-state index contributed by atoms with van der Waals surface area (Å²) in [6.07, 6.45) is 5.51. The Morgan fingerprint density at radius 2 is 1.46 bits per heavy atom. The van der Waals surface area contributed by atoms with Crippen LogP contribution in [0.15, 0.2) is 79.3 Å². The molecule has 0 saturated carbocycles. The second-order valence-electron chi connectivity index (χ2n) is 5.85. The normalized spacial score (nSPS) is 11.3. The van der Waals surface area contributed by atoms with Gasteiger partial charge in [-0.25, -0.2) is 4.98 Å². The molecule has 0 unspecified atom stereocenters. The van der Waals surface area contributed by atoms with Crippen molar-refractivity contribution in [2.24, 2.45) is 0 Å². The molecule has 0 radical (unpaired) electrons. The van der Waals surface area contributed by atoms with Crippen molar-refractivity contribution in [3.63, 3.8) is 0 Å². The van der Waals surface area contributed by atoms with Gasteiger partial charge in [-0.15, -0.1) is 0 Å². The average molecular weight is 307 g/mol.